The molecule has 0 bridgehead atoms. The molecule has 1 aromatic carbocycles. The summed E-state index contributed by atoms with van der Waals surface area (Å²) in [5.74, 6) is 0.0462. The van der Waals surface area contributed by atoms with Gasteiger partial charge in [-0.1, -0.05) is 25.4 Å². The normalized spacial score (nSPS) is 25.5. The van der Waals surface area contributed by atoms with Crippen molar-refractivity contribution in [3.63, 3.8) is 0 Å². The fraction of sp³-hybridized carbons (Fsp3) is 0.538. The molecule has 6 heteroatoms. The molecule has 2 rings (SSSR count). The van der Waals surface area contributed by atoms with Crippen molar-refractivity contribution in [1.29, 1.82) is 0 Å². The second kappa shape index (κ2) is 5.38. The van der Waals surface area contributed by atoms with Crippen LogP contribution in [0.15, 0.2) is 23.1 Å². The van der Waals surface area contributed by atoms with Crippen LogP contribution in [0.1, 0.15) is 20.3 Å². The van der Waals surface area contributed by atoms with Crippen molar-refractivity contribution in [2.24, 2.45) is 11.8 Å². The molecule has 0 spiro atoms. The van der Waals surface area contributed by atoms with Crippen molar-refractivity contribution in [3.05, 3.63) is 29.0 Å². The third kappa shape index (κ3) is 3.09. The Morgan fingerprint density at radius 3 is 2.37 bits per heavy atom. The standard InChI is InChI=1S/C13H17ClFNO2S/c1-9-5-10(2)8-16(7-9)19(17,18)11-3-4-13(15)12(14)6-11/h3-4,6,9-10H,5,7-8H2,1-2H3. The van der Waals surface area contributed by atoms with Gasteiger partial charge in [0, 0.05) is 13.1 Å². The molecule has 2 unspecified atom stereocenters. The topological polar surface area (TPSA) is 37.4 Å². The number of nitrogens with zero attached hydrogens (tertiary/aromatic N) is 1. The maximum atomic E-state index is 13.1. The Hall–Kier alpha value is -0.650. The Kier molecular flexibility index (Phi) is 4.18. The summed E-state index contributed by atoms with van der Waals surface area (Å²) < 4.78 is 39.6. The largest absolute Gasteiger partial charge is 0.243 e. The Labute approximate surface area is 118 Å². The first-order valence-electron chi connectivity index (χ1n) is 6.26. The zero-order valence-electron chi connectivity index (χ0n) is 10.9. The molecule has 0 aromatic heterocycles. The van der Waals surface area contributed by atoms with Crippen LogP contribution in [-0.4, -0.2) is 25.8 Å². The molecular weight excluding hydrogens is 289 g/mol. The van der Waals surface area contributed by atoms with Crippen LogP contribution >= 0.6 is 11.6 Å². The third-order valence-corrected chi connectivity index (χ3v) is 5.48. The van der Waals surface area contributed by atoms with Gasteiger partial charge in [-0.2, -0.15) is 4.31 Å². The molecule has 0 aliphatic carbocycles. The first-order chi connectivity index (χ1) is 8.80. The summed E-state index contributed by atoms with van der Waals surface area (Å²) in [4.78, 5) is 0.0557. The van der Waals surface area contributed by atoms with Gasteiger partial charge in [0.25, 0.3) is 0 Å². The van der Waals surface area contributed by atoms with Gasteiger partial charge in [0.05, 0.1) is 9.92 Å². The van der Waals surface area contributed by atoms with E-state index < -0.39 is 15.8 Å². The van der Waals surface area contributed by atoms with Crippen molar-refractivity contribution >= 4 is 21.6 Å². The molecule has 1 fully saturated rings. The van der Waals surface area contributed by atoms with Gasteiger partial charge in [-0.25, -0.2) is 12.8 Å². The van der Waals surface area contributed by atoms with Crippen LogP contribution in [0.3, 0.4) is 0 Å². The lowest BCUT2D eigenvalue weighted by molar-refractivity contribution is 0.222. The highest BCUT2D eigenvalue weighted by atomic mass is 35.5. The van der Waals surface area contributed by atoms with E-state index in [-0.39, 0.29) is 9.92 Å². The fourth-order valence-corrected chi connectivity index (χ4v) is 4.54. The molecule has 1 saturated heterocycles. The van der Waals surface area contributed by atoms with Crippen molar-refractivity contribution in [2.45, 2.75) is 25.2 Å². The van der Waals surface area contributed by atoms with Crippen LogP contribution in [0.4, 0.5) is 4.39 Å². The van der Waals surface area contributed by atoms with Crippen LogP contribution < -0.4 is 0 Å². The quantitative estimate of drug-likeness (QED) is 0.842. The molecule has 106 valence electrons. The Balaban J connectivity index is 2.33. The number of halogens is 2. The predicted octanol–water partition coefficient (Wildman–Crippen LogP) is 3.15. The summed E-state index contributed by atoms with van der Waals surface area (Å²) in [5.41, 5.74) is 0. The number of hydrogen-bond acceptors (Lipinski definition) is 2. The molecule has 0 N–H and O–H groups in total. The lowest BCUT2D eigenvalue weighted by Gasteiger charge is -2.34. The zero-order valence-corrected chi connectivity index (χ0v) is 12.5. The molecule has 3 nitrogen and oxygen atoms in total. The summed E-state index contributed by atoms with van der Waals surface area (Å²) >= 11 is 5.66. The molecular formula is C13H17ClFNO2S. The molecule has 0 saturated carbocycles. The first-order valence-corrected chi connectivity index (χ1v) is 8.07. The average Bonchev–Trinajstić information content (AvgIpc) is 2.31. The van der Waals surface area contributed by atoms with E-state index in [0.29, 0.717) is 24.9 Å². The second-order valence-corrected chi connectivity index (χ2v) is 7.69. The minimum absolute atomic E-state index is 0.0557. The van der Waals surface area contributed by atoms with Gasteiger partial charge >= 0.3 is 0 Å². The van der Waals surface area contributed by atoms with Gasteiger partial charge < -0.3 is 0 Å². The minimum Gasteiger partial charge on any atom is -0.207 e. The highest BCUT2D eigenvalue weighted by Crippen LogP contribution is 2.28. The Bertz CT molecular complexity index is 566. The van der Waals surface area contributed by atoms with Crippen LogP contribution in [0.2, 0.25) is 5.02 Å². The van der Waals surface area contributed by atoms with Gasteiger partial charge in [-0.05, 0) is 36.5 Å². The molecule has 1 heterocycles. The number of benzene rings is 1. The van der Waals surface area contributed by atoms with Crippen molar-refractivity contribution < 1.29 is 12.8 Å². The van der Waals surface area contributed by atoms with Crippen molar-refractivity contribution in [3.8, 4) is 0 Å². The predicted molar refractivity (Wildman–Crippen MR) is 73.1 cm³/mol. The molecule has 0 amide bonds. The number of rotatable bonds is 2. The lowest BCUT2D eigenvalue weighted by atomic mass is 9.94. The molecule has 0 radical (unpaired) electrons. The summed E-state index contributed by atoms with van der Waals surface area (Å²) in [6, 6.07) is 3.53. The van der Waals surface area contributed by atoms with Crippen LogP contribution in [0.5, 0.6) is 0 Å². The van der Waals surface area contributed by atoms with E-state index in [1.165, 1.54) is 16.4 Å². The monoisotopic (exact) mass is 305 g/mol. The van der Waals surface area contributed by atoms with Gasteiger partial charge in [0.15, 0.2) is 0 Å². The average molecular weight is 306 g/mol. The Morgan fingerprint density at radius 1 is 1.26 bits per heavy atom. The van der Waals surface area contributed by atoms with Crippen LogP contribution in [-0.2, 0) is 10.0 Å². The van der Waals surface area contributed by atoms with Crippen LogP contribution in [0.25, 0.3) is 0 Å². The number of sulfonamides is 1. The van der Waals surface area contributed by atoms with E-state index in [2.05, 4.69) is 0 Å². The zero-order chi connectivity index (χ0) is 14.2. The summed E-state index contributed by atoms with van der Waals surface area (Å²) in [6.07, 6.45) is 1.02. The molecule has 1 aliphatic heterocycles. The van der Waals surface area contributed by atoms with Gasteiger partial charge in [0.1, 0.15) is 5.82 Å². The van der Waals surface area contributed by atoms with Crippen molar-refractivity contribution in [1.82, 2.24) is 4.31 Å². The van der Waals surface area contributed by atoms with E-state index in [9.17, 15) is 12.8 Å². The van der Waals surface area contributed by atoms with E-state index >= 15 is 0 Å². The van der Waals surface area contributed by atoms with Crippen molar-refractivity contribution in [2.75, 3.05) is 13.1 Å². The third-order valence-electron chi connectivity index (χ3n) is 3.36. The maximum absolute atomic E-state index is 13.1. The first kappa shape index (κ1) is 14.8. The molecule has 1 aliphatic rings. The molecule has 1 aromatic rings. The van der Waals surface area contributed by atoms with E-state index in [1.807, 2.05) is 13.8 Å². The summed E-state index contributed by atoms with van der Waals surface area (Å²) in [5, 5.41) is -0.167. The second-order valence-electron chi connectivity index (χ2n) is 5.34. The summed E-state index contributed by atoms with van der Waals surface area (Å²) in [6.45, 7) is 5.08. The van der Waals surface area contributed by atoms with Gasteiger partial charge in [0.2, 0.25) is 10.0 Å². The van der Waals surface area contributed by atoms with E-state index in [0.717, 1.165) is 12.5 Å². The fourth-order valence-electron chi connectivity index (χ4n) is 2.59. The summed E-state index contributed by atoms with van der Waals surface area (Å²) in [7, 11) is -3.58. The number of hydrogen-bond donors (Lipinski definition) is 0. The SMILES string of the molecule is CC1CC(C)CN(S(=O)(=O)c2ccc(F)c(Cl)c2)C1. The maximum Gasteiger partial charge on any atom is 0.243 e. The highest BCUT2D eigenvalue weighted by Gasteiger charge is 2.31. The van der Waals surface area contributed by atoms with E-state index in [4.69, 9.17) is 11.6 Å². The number of piperidine rings is 1. The Morgan fingerprint density at radius 2 is 1.84 bits per heavy atom. The van der Waals surface area contributed by atoms with Gasteiger partial charge in [-0.15, -0.1) is 0 Å². The molecule has 2 atom stereocenters. The highest BCUT2D eigenvalue weighted by molar-refractivity contribution is 7.89. The minimum atomic E-state index is -3.58. The van der Waals surface area contributed by atoms with Crippen LogP contribution in [0, 0.1) is 17.7 Å². The lowest BCUT2D eigenvalue weighted by Crippen LogP contribution is -2.42. The molecule has 19 heavy (non-hydrogen) atoms. The smallest absolute Gasteiger partial charge is 0.207 e. The van der Waals surface area contributed by atoms with E-state index in [1.54, 1.807) is 0 Å². The van der Waals surface area contributed by atoms with Gasteiger partial charge in [-0.3, -0.25) is 0 Å².